The average molecular weight is 264 g/mol. The lowest BCUT2D eigenvalue weighted by molar-refractivity contribution is 0.0238. The van der Waals surface area contributed by atoms with Gasteiger partial charge >= 0.3 is 0 Å². The molecule has 0 saturated carbocycles. The summed E-state index contributed by atoms with van der Waals surface area (Å²) < 4.78 is 16.8. The first kappa shape index (κ1) is 12.7. The Bertz CT molecular complexity index is 401. The lowest BCUT2D eigenvalue weighted by atomic mass is 10.1. The van der Waals surface area contributed by atoms with Crippen molar-refractivity contribution in [2.75, 3.05) is 44.4 Å². The van der Waals surface area contributed by atoms with Crippen molar-refractivity contribution in [1.82, 2.24) is 4.98 Å². The molecule has 2 saturated heterocycles. The van der Waals surface area contributed by atoms with Crippen LogP contribution in [-0.2, 0) is 9.47 Å². The highest BCUT2D eigenvalue weighted by molar-refractivity contribution is 5.55. The third-order valence-electron chi connectivity index (χ3n) is 3.55. The van der Waals surface area contributed by atoms with Crippen molar-refractivity contribution < 1.29 is 14.2 Å². The first-order valence-corrected chi connectivity index (χ1v) is 6.95. The van der Waals surface area contributed by atoms with Gasteiger partial charge in [0.05, 0.1) is 26.4 Å². The summed E-state index contributed by atoms with van der Waals surface area (Å²) in [5.74, 6) is 0.747. The van der Waals surface area contributed by atoms with Crippen LogP contribution >= 0.6 is 0 Å². The quantitative estimate of drug-likeness (QED) is 0.827. The summed E-state index contributed by atoms with van der Waals surface area (Å²) in [5.41, 5.74) is 1.08. The van der Waals surface area contributed by atoms with Crippen molar-refractivity contribution >= 4 is 5.69 Å². The molecule has 5 nitrogen and oxygen atoms in total. The largest absolute Gasteiger partial charge is 0.473 e. The molecular weight excluding hydrogens is 244 g/mol. The van der Waals surface area contributed by atoms with Crippen LogP contribution in [-0.4, -0.2) is 50.6 Å². The fourth-order valence-electron chi connectivity index (χ4n) is 2.47. The van der Waals surface area contributed by atoms with Crippen LogP contribution in [0.15, 0.2) is 18.3 Å². The Labute approximate surface area is 113 Å². The van der Waals surface area contributed by atoms with E-state index >= 15 is 0 Å². The van der Waals surface area contributed by atoms with Gasteiger partial charge in [0.1, 0.15) is 11.8 Å². The number of hydrogen-bond acceptors (Lipinski definition) is 5. The molecule has 0 N–H and O–H groups in total. The summed E-state index contributed by atoms with van der Waals surface area (Å²) in [6.07, 6.45) is 3.90. The van der Waals surface area contributed by atoms with E-state index in [4.69, 9.17) is 14.2 Å². The number of nitrogens with zero attached hydrogens (tertiary/aromatic N) is 2. The molecule has 2 aliphatic heterocycles. The molecule has 1 aromatic heterocycles. The predicted molar refractivity (Wildman–Crippen MR) is 71.7 cm³/mol. The molecule has 0 atom stereocenters. The van der Waals surface area contributed by atoms with E-state index in [9.17, 15) is 0 Å². The molecule has 19 heavy (non-hydrogen) atoms. The molecule has 0 spiro atoms. The smallest absolute Gasteiger partial charge is 0.237 e. The Morgan fingerprint density at radius 2 is 1.84 bits per heavy atom. The van der Waals surface area contributed by atoms with E-state index in [0.717, 1.165) is 63.9 Å². The highest BCUT2D eigenvalue weighted by atomic mass is 16.5. The van der Waals surface area contributed by atoms with E-state index in [-0.39, 0.29) is 6.10 Å². The van der Waals surface area contributed by atoms with Gasteiger partial charge in [-0.1, -0.05) is 0 Å². The minimum absolute atomic E-state index is 0.225. The van der Waals surface area contributed by atoms with Crippen LogP contribution in [0.5, 0.6) is 5.88 Å². The molecule has 3 rings (SSSR count). The number of pyridine rings is 1. The summed E-state index contributed by atoms with van der Waals surface area (Å²) >= 11 is 0. The van der Waals surface area contributed by atoms with Gasteiger partial charge in [0, 0.05) is 32.1 Å². The molecule has 2 fully saturated rings. The van der Waals surface area contributed by atoms with E-state index in [1.54, 1.807) is 6.20 Å². The van der Waals surface area contributed by atoms with Crippen molar-refractivity contribution in [3.63, 3.8) is 0 Å². The van der Waals surface area contributed by atoms with Gasteiger partial charge in [-0.3, -0.25) is 0 Å². The average Bonchev–Trinajstić information content (AvgIpc) is 2.50. The Balaban J connectivity index is 1.72. The van der Waals surface area contributed by atoms with Crippen LogP contribution in [0.1, 0.15) is 12.8 Å². The van der Waals surface area contributed by atoms with Gasteiger partial charge < -0.3 is 19.1 Å². The fraction of sp³-hybridized carbons (Fsp3) is 0.643. The molecule has 0 amide bonds. The third kappa shape index (κ3) is 3.16. The number of morpholine rings is 1. The van der Waals surface area contributed by atoms with Crippen LogP contribution in [0, 0.1) is 0 Å². The standard InChI is InChI=1S/C14H20N2O3/c1-2-13(16-6-10-18-11-7-16)14(15-5-1)19-12-3-8-17-9-4-12/h1-2,5,12H,3-4,6-11H2. The Kier molecular flexibility index (Phi) is 4.15. The number of hydrogen-bond donors (Lipinski definition) is 0. The molecule has 2 aliphatic rings. The molecule has 5 heteroatoms. The minimum Gasteiger partial charge on any atom is -0.473 e. The minimum atomic E-state index is 0.225. The second-order valence-corrected chi connectivity index (χ2v) is 4.86. The van der Waals surface area contributed by atoms with Gasteiger partial charge in [-0.15, -0.1) is 0 Å². The monoisotopic (exact) mass is 264 g/mol. The Morgan fingerprint density at radius 3 is 2.63 bits per heavy atom. The molecule has 0 radical (unpaired) electrons. The summed E-state index contributed by atoms with van der Waals surface area (Å²) in [6, 6.07) is 4.04. The van der Waals surface area contributed by atoms with Gasteiger partial charge in [-0.2, -0.15) is 0 Å². The molecule has 0 bridgehead atoms. The maximum absolute atomic E-state index is 6.07. The maximum atomic E-state index is 6.07. The molecule has 3 heterocycles. The normalized spacial score (nSPS) is 21.4. The fourth-order valence-corrected chi connectivity index (χ4v) is 2.47. The third-order valence-corrected chi connectivity index (χ3v) is 3.55. The number of anilines is 1. The van der Waals surface area contributed by atoms with E-state index < -0.39 is 0 Å². The van der Waals surface area contributed by atoms with Gasteiger partial charge in [-0.05, 0) is 12.1 Å². The van der Waals surface area contributed by atoms with E-state index in [0.29, 0.717) is 0 Å². The van der Waals surface area contributed by atoms with Crippen LogP contribution in [0.3, 0.4) is 0 Å². The highest BCUT2D eigenvalue weighted by Crippen LogP contribution is 2.28. The Hall–Kier alpha value is -1.33. The van der Waals surface area contributed by atoms with Gasteiger partial charge in [0.25, 0.3) is 0 Å². The number of aromatic nitrogens is 1. The van der Waals surface area contributed by atoms with Crippen molar-refractivity contribution in [1.29, 1.82) is 0 Å². The highest BCUT2D eigenvalue weighted by Gasteiger charge is 2.20. The molecule has 0 aliphatic carbocycles. The topological polar surface area (TPSA) is 43.8 Å². The first-order valence-electron chi connectivity index (χ1n) is 6.95. The van der Waals surface area contributed by atoms with Crippen LogP contribution in [0.25, 0.3) is 0 Å². The summed E-state index contributed by atoms with van der Waals surface area (Å²) in [6.45, 7) is 4.90. The first-order chi connectivity index (χ1) is 9.43. The summed E-state index contributed by atoms with van der Waals surface area (Å²) in [7, 11) is 0. The van der Waals surface area contributed by atoms with E-state index in [1.807, 2.05) is 6.07 Å². The molecule has 104 valence electrons. The zero-order valence-corrected chi connectivity index (χ0v) is 11.1. The summed E-state index contributed by atoms with van der Waals surface area (Å²) in [5, 5.41) is 0. The predicted octanol–water partition coefficient (Wildman–Crippen LogP) is 1.48. The molecule has 1 aromatic rings. The van der Waals surface area contributed by atoms with Crippen molar-refractivity contribution in [2.24, 2.45) is 0 Å². The van der Waals surface area contributed by atoms with Crippen molar-refractivity contribution in [3.05, 3.63) is 18.3 Å². The van der Waals surface area contributed by atoms with Gasteiger partial charge in [0.15, 0.2) is 0 Å². The van der Waals surface area contributed by atoms with Crippen LogP contribution < -0.4 is 9.64 Å². The zero-order valence-electron chi connectivity index (χ0n) is 11.1. The van der Waals surface area contributed by atoms with E-state index in [2.05, 4.69) is 16.0 Å². The second kappa shape index (κ2) is 6.21. The SMILES string of the molecule is c1cnc(OC2CCOCC2)c(N2CCOCC2)c1. The van der Waals surface area contributed by atoms with Gasteiger partial charge in [-0.25, -0.2) is 4.98 Å². The lowest BCUT2D eigenvalue weighted by Crippen LogP contribution is -2.37. The molecule has 0 aromatic carbocycles. The zero-order chi connectivity index (χ0) is 12.9. The van der Waals surface area contributed by atoms with Crippen molar-refractivity contribution in [3.8, 4) is 5.88 Å². The second-order valence-electron chi connectivity index (χ2n) is 4.86. The van der Waals surface area contributed by atoms with Gasteiger partial charge in [0.2, 0.25) is 5.88 Å². The summed E-state index contributed by atoms with van der Waals surface area (Å²) in [4.78, 5) is 6.69. The number of ether oxygens (including phenoxy) is 3. The number of rotatable bonds is 3. The van der Waals surface area contributed by atoms with Crippen LogP contribution in [0.4, 0.5) is 5.69 Å². The molecule has 0 unspecified atom stereocenters. The maximum Gasteiger partial charge on any atom is 0.237 e. The van der Waals surface area contributed by atoms with Crippen LogP contribution in [0.2, 0.25) is 0 Å². The Morgan fingerprint density at radius 1 is 1.11 bits per heavy atom. The molecular formula is C14H20N2O3. The lowest BCUT2D eigenvalue weighted by Gasteiger charge is -2.31. The van der Waals surface area contributed by atoms with E-state index in [1.165, 1.54) is 0 Å². The van der Waals surface area contributed by atoms with Crippen molar-refractivity contribution in [2.45, 2.75) is 18.9 Å².